The van der Waals surface area contributed by atoms with Crippen molar-refractivity contribution in [2.75, 3.05) is 18.5 Å². The van der Waals surface area contributed by atoms with Crippen LogP contribution in [0.15, 0.2) is 29.6 Å². The predicted molar refractivity (Wildman–Crippen MR) is 72.3 cm³/mol. The van der Waals surface area contributed by atoms with Crippen molar-refractivity contribution in [3.63, 3.8) is 0 Å². The average molecular weight is 280 g/mol. The Balaban J connectivity index is 1.73. The Hall–Kier alpha value is -1.77. The van der Waals surface area contributed by atoms with Crippen molar-refractivity contribution < 1.29 is 4.74 Å². The van der Waals surface area contributed by atoms with Crippen LogP contribution in [0.1, 0.15) is 5.56 Å². The lowest BCUT2D eigenvalue weighted by Gasteiger charge is -2.06. The molecule has 0 aliphatic carbocycles. The van der Waals surface area contributed by atoms with Gasteiger partial charge in [0.15, 0.2) is 5.13 Å². The molecule has 1 aromatic carbocycles. The summed E-state index contributed by atoms with van der Waals surface area (Å²) in [6, 6.07) is 9.06. The number of hydrogen-bond acceptors (Lipinski definition) is 5. The minimum Gasteiger partial charge on any atom is -0.492 e. The van der Waals surface area contributed by atoms with E-state index in [1.54, 1.807) is 29.6 Å². The number of thiazole rings is 1. The van der Waals surface area contributed by atoms with Crippen molar-refractivity contribution in [3.05, 3.63) is 40.4 Å². The standard InChI is InChI=1S/C12H10ClN3OS/c13-11-8-18-12(16-11)15-5-6-17-10-3-1-9(7-14)2-4-10/h1-4,8H,5-6H2,(H,15,16). The van der Waals surface area contributed by atoms with Gasteiger partial charge in [-0.2, -0.15) is 5.26 Å². The molecule has 1 aromatic heterocycles. The predicted octanol–water partition coefficient (Wildman–Crippen LogP) is 3.16. The van der Waals surface area contributed by atoms with E-state index in [2.05, 4.69) is 16.4 Å². The highest BCUT2D eigenvalue weighted by atomic mass is 35.5. The lowest BCUT2D eigenvalue weighted by Crippen LogP contribution is -2.11. The van der Waals surface area contributed by atoms with Crippen LogP contribution in [-0.2, 0) is 0 Å². The van der Waals surface area contributed by atoms with Crippen LogP contribution in [0.2, 0.25) is 5.15 Å². The van der Waals surface area contributed by atoms with Crippen molar-refractivity contribution in [3.8, 4) is 11.8 Å². The third-order valence-electron chi connectivity index (χ3n) is 2.11. The minimum atomic E-state index is 0.496. The molecule has 0 aliphatic rings. The molecule has 0 atom stereocenters. The van der Waals surface area contributed by atoms with Crippen molar-refractivity contribution in [1.29, 1.82) is 5.26 Å². The molecule has 0 fully saturated rings. The molecule has 6 heteroatoms. The summed E-state index contributed by atoms with van der Waals surface area (Å²) in [4.78, 5) is 4.06. The van der Waals surface area contributed by atoms with E-state index in [1.807, 2.05) is 0 Å². The lowest BCUT2D eigenvalue weighted by molar-refractivity contribution is 0.333. The molecule has 1 N–H and O–H groups in total. The number of ether oxygens (including phenoxy) is 1. The van der Waals surface area contributed by atoms with Crippen LogP contribution in [0, 0.1) is 11.3 Å². The molecule has 1 heterocycles. The summed E-state index contributed by atoms with van der Waals surface area (Å²) in [5.41, 5.74) is 0.623. The number of nitrogens with zero attached hydrogens (tertiary/aromatic N) is 2. The highest BCUT2D eigenvalue weighted by molar-refractivity contribution is 7.14. The number of rotatable bonds is 5. The number of anilines is 1. The number of benzene rings is 1. The van der Waals surface area contributed by atoms with Crippen LogP contribution >= 0.6 is 22.9 Å². The van der Waals surface area contributed by atoms with Gasteiger partial charge in [-0.3, -0.25) is 0 Å². The van der Waals surface area contributed by atoms with E-state index in [0.29, 0.717) is 23.9 Å². The highest BCUT2D eigenvalue weighted by Crippen LogP contribution is 2.18. The maximum absolute atomic E-state index is 8.65. The highest BCUT2D eigenvalue weighted by Gasteiger charge is 1.98. The molecule has 0 radical (unpaired) electrons. The first-order valence-corrected chi connectivity index (χ1v) is 6.51. The number of nitrogens with one attached hydrogen (secondary N) is 1. The summed E-state index contributed by atoms with van der Waals surface area (Å²) < 4.78 is 5.51. The summed E-state index contributed by atoms with van der Waals surface area (Å²) in [6.07, 6.45) is 0. The maximum atomic E-state index is 8.65. The fourth-order valence-electron chi connectivity index (χ4n) is 1.29. The van der Waals surface area contributed by atoms with Crippen molar-refractivity contribution in [1.82, 2.24) is 4.98 Å². The zero-order valence-corrected chi connectivity index (χ0v) is 11.0. The summed E-state index contributed by atoms with van der Waals surface area (Å²) in [7, 11) is 0. The van der Waals surface area contributed by atoms with Gasteiger partial charge in [-0.25, -0.2) is 4.98 Å². The number of halogens is 1. The van der Waals surface area contributed by atoms with Crippen LogP contribution in [0.3, 0.4) is 0 Å². The summed E-state index contributed by atoms with van der Waals surface area (Å²) >= 11 is 7.15. The molecule has 92 valence electrons. The van der Waals surface area contributed by atoms with E-state index in [-0.39, 0.29) is 0 Å². The first kappa shape index (κ1) is 12.7. The number of aromatic nitrogens is 1. The molecule has 0 saturated carbocycles. The molecule has 0 aliphatic heterocycles. The van der Waals surface area contributed by atoms with Crippen LogP contribution < -0.4 is 10.1 Å². The second kappa shape index (κ2) is 6.24. The third-order valence-corrected chi connectivity index (χ3v) is 3.23. The quantitative estimate of drug-likeness (QED) is 0.854. The van der Waals surface area contributed by atoms with Crippen molar-refractivity contribution in [2.45, 2.75) is 0 Å². The van der Waals surface area contributed by atoms with E-state index < -0.39 is 0 Å². The van der Waals surface area contributed by atoms with Gasteiger partial charge in [-0.1, -0.05) is 11.6 Å². The Labute approximate surface area is 114 Å². The second-order valence-corrected chi connectivity index (χ2v) is 4.63. The van der Waals surface area contributed by atoms with E-state index in [9.17, 15) is 0 Å². The third kappa shape index (κ3) is 3.62. The summed E-state index contributed by atoms with van der Waals surface area (Å²) in [5, 5.41) is 14.8. The van der Waals surface area contributed by atoms with Gasteiger partial charge in [0.1, 0.15) is 17.5 Å². The largest absolute Gasteiger partial charge is 0.492 e. The number of nitriles is 1. The van der Waals surface area contributed by atoms with Gasteiger partial charge in [0, 0.05) is 5.38 Å². The average Bonchev–Trinajstić information content (AvgIpc) is 2.81. The Bertz CT molecular complexity index is 547. The molecule has 2 aromatic rings. The van der Waals surface area contributed by atoms with Gasteiger partial charge in [0.05, 0.1) is 18.2 Å². The van der Waals surface area contributed by atoms with Crippen LogP contribution in [0.25, 0.3) is 0 Å². The monoisotopic (exact) mass is 279 g/mol. The van der Waals surface area contributed by atoms with Gasteiger partial charge in [-0.15, -0.1) is 11.3 Å². The molecular formula is C12H10ClN3OS. The Morgan fingerprint density at radius 2 is 2.17 bits per heavy atom. The first-order valence-electron chi connectivity index (χ1n) is 5.26. The molecular weight excluding hydrogens is 270 g/mol. The molecule has 18 heavy (non-hydrogen) atoms. The minimum absolute atomic E-state index is 0.496. The van der Waals surface area contributed by atoms with E-state index >= 15 is 0 Å². The van der Waals surface area contributed by atoms with E-state index in [4.69, 9.17) is 21.6 Å². The first-order chi connectivity index (χ1) is 8.78. The van der Waals surface area contributed by atoms with E-state index in [0.717, 1.165) is 10.9 Å². The fourth-order valence-corrected chi connectivity index (χ4v) is 2.15. The summed E-state index contributed by atoms with van der Waals surface area (Å²) in [5.74, 6) is 0.743. The topological polar surface area (TPSA) is 57.9 Å². The van der Waals surface area contributed by atoms with Gasteiger partial charge >= 0.3 is 0 Å². The van der Waals surface area contributed by atoms with E-state index in [1.165, 1.54) is 11.3 Å². The SMILES string of the molecule is N#Cc1ccc(OCCNc2nc(Cl)cs2)cc1. The molecule has 0 spiro atoms. The van der Waals surface area contributed by atoms with Crippen LogP contribution in [0.5, 0.6) is 5.75 Å². The molecule has 4 nitrogen and oxygen atoms in total. The van der Waals surface area contributed by atoms with Crippen LogP contribution in [-0.4, -0.2) is 18.1 Å². The fraction of sp³-hybridized carbons (Fsp3) is 0.167. The lowest BCUT2D eigenvalue weighted by atomic mass is 10.2. The Morgan fingerprint density at radius 1 is 1.39 bits per heavy atom. The van der Waals surface area contributed by atoms with Gasteiger partial charge in [0.2, 0.25) is 0 Å². The molecule has 0 unspecified atom stereocenters. The Morgan fingerprint density at radius 3 is 2.78 bits per heavy atom. The Kier molecular flexibility index (Phi) is 4.40. The summed E-state index contributed by atoms with van der Waals surface area (Å²) in [6.45, 7) is 1.16. The molecule has 0 amide bonds. The van der Waals surface area contributed by atoms with Crippen molar-refractivity contribution in [2.24, 2.45) is 0 Å². The van der Waals surface area contributed by atoms with Gasteiger partial charge < -0.3 is 10.1 Å². The molecule has 2 rings (SSSR count). The number of hydrogen-bond donors (Lipinski definition) is 1. The molecule has 0 saturated heterocycles. The zero-order chi connectivity index (χ0) is 12.8. The zero-order valence-electron chi connectivity index (χ0n) is 9.39. The normalized spacial score (nSPS) is 9.78. The molecule has 0 bridgehead atoms. The maximum Gasteiger partial charge on any atom is 0.184 e. The van der Waals surface area contributed by atoms with Crippen LogP contribution in [0.4, 0.5) is 5.13 Å². The van der Waals surface area contributed by atoms with Gasteiger partial charge in [-0.05, 0) is 24.3 Å². The van der Waals surface area contributed by atoms with Gasteiger partial charge in [0.25, 0.3) is 0 Å². The second-order valence-electron chi connectivity index (χ2n) is 3.39. The van der Waals surface area contributed by atoms with Crippen molar-refractivity contribution >= 4 is 28.1 Å². The smallest absolute Gasteiger partial charge is 0.184 e.